The highest BCUT2D eigenvalue weighted by atomic mass is 32.2. The predicted octanol–water partition coefficient (Wildman–Crippen LogP) is 3.73. The summed E-state index contributed by atoms with van der Waals surface area (Å²) in [5, 5.41) is 2.64. The Kier molecular flexibility index (Phi) is 6.43. The van der Waals surface area contributed by atoms with E-state index in [1.807, 2.05) is 0 Å². The maximum atomic E-state index is 13.0. The van der Waals surface area contributed by atoms with Crippen LogP contribution in [0.15, 0.2) is 84.4 Å². The highest BCUT2D eigenvalue weighted by molar-refractivity contribution is 7.92. The molecule has 0 fully saturated rings. The van der Waals surface area contributed by atoms with Crippen LogP contribution >= 0.6 is 0 Å². The van der Waals surface area contributed by atoms with E-state index in [4.69, 9.17) is 4.74 Å². The second-order valence-electron chi connectivity index (χ2n) is 6.07. The first-order valence-corrected chi connectivity index (χ1v) is 10.3. The maximum absolute atomic E-state index is 13.0. The number of hydrogen-bond donors (Lipinski definition) is 2. The second-order valence-corrected chi connectivity index (χ2v) is 7.75. The van der Waals surface area contributed by atoms with Crippen LogP contribution in [0.4, 0.5) is 10.1 Å². The van der Waals surface area contributed by atoms with Crippen LogP contribution < -0.4 is 14.8 Å². The van der Waals surface area contributed by atoms with Crippen molar-refractivity contribution in [3.05, 3.63) is 90.9 Å². The number of carbonyl (C=O) groups is 1. The van der Waals surface area contributed by atoms with Gasteiger partial charge in [-0.3, -0.25) is 9.52 Å². The minimum atomic E-state index is -3.84. The summed E-state index contributed by atoms with van der Waals surface area (Å²) >= 11 is 0. The quantitative estimate of drug-likeness (QED) is 0.534. The Morgan fingerprint density at radius 3 is 2.37 bits per heavy atom. The molecule has 3 aromatic rings. The molecule has 0 aliphatic heterocycles. The van der Waals surface area contributed by atoms with E-state index in [0.29, 0.717) is 23.5 Å². The van der Waals surface area contributed by atoms with Gasteiger partial charge in [0.05, 0.1) is 10.5 Å². The van der Waals surface area contributed by atoms with Crippen LogP contribution in [0.2, 0.25) is 0 Å². The number of sulfonamides is 1. The number of nitrogens with one attached hydrogen (secondary N) is 2. The van der Waals surface area contributed by atoms with Crippen molar-refractivity contribution >= 4 is 21.6 Å². The van der Waals surface area contributed by atoms with E-state index in [0.717, 1.165) is 12.1 Å². The van der Waals surface area contributed by atoms with Gasteiger partial charge in [0.25, 0.3) is 15.9 Å². The minimum Gasteiger partial charge on any atom is -0.439 e. The molecule has 30 heavy (non-hydrogen) atoms. The predicted molar refractivity (Wildman–Crippen MR) is 110 cm³/mol. The molecule has 7 nitrogen and oxygen atoms in total. The first kappa shape index (κ1) is 21.0. The number of anilines is 1. The molecule has 1 aromatic heterocycles. The van der Waals surface area contributed by atoms with Gasteiger partial charge in [-0.25, -0.2) is 17.8 Å². The van der Waals surface area contributed by atoms with Gasteiger partial charge < -0.3 is 10.1 Å². The second kappa shape index (κ2) is 9.19. The molecule has 0 saturated heterocycles. The summed E-state index contributed by atoms with van der Waals surface area (Å²) in [6.07, 6.45) is 2.96. The van der Waals surface area contributed by atoms with Gasteiger partial charge in [-0.2, -0.15) is 0 Å². The smallest absolute Gasteiger partial charge is 0.261 e. The van der Waals surface area contributed by atoms with E-state index in [1.165, 1.54) is 30.5 Å². The Bertz CT molecular complexity index is 1130. The zero-order chi connectivity index (χ0) is 21.6. The summed E-state index contributed by atoms with van der Waals surface area (Å²) in [6, 6.07) is 13.8. The van der Waals surface area contributed by atoms with Crippen molar-refractivity contribution in [2.75, 3.05) is 11.3 Å². The highest BCUT2D eigenvalue weighted by Crippen LogP contribution is 2.23. The molecule has 0 aliphatic rings. The molecule has 0 radical (unpaired) electrons. The third kappa shape index (κ3) is 5.42. The van der Waals surface area contributed by atoms with E-state index >= 15 is 0 Å². The van der Waals surface area contributed by atoms with Crippen molar-refractivity contribution in [2.45, 2.75) is 4.90 Å². The van der Waals surface area contributed by atoms with Gasteiger partial charge in [-0.1, -0.05) is 6.08 Å². The topological polar surface area (TPSA) is 97.4 Å². The lowest BCUT2D eigenvalue weighted by Gasteiger charge is -2.10. The number of pyridine rings is 1. The fraction of sp³-hybridized carbons (Fsp3) is 0.0476. The van der Waals surface area contributed by atoms with Crippen LogP contribution in [0.3, 0.4) is 0 Å². The minimum absolute atomic E-state index is 0.0503. The van der Waals surface area contributed by atoms with Gasteiger partial charge >= 0.3 is 0 Å². The first-order chi connectivity index (χ1) is 14.4. The van der Waals surface area contributed by atoms with Crippen molar-refractivity contribution in [1.82, 2.24) is 10.3 Å². The third-order valence-corrected chi connectivity index (χ3v) is 5.26. The molecular formula is C21H18FN3O4S. The largest absolute Gasteiger partial charge is 0.439 e. The van der Waals surface area contributed by atoms with E-state index in [2.05, 4.69) is 21.6 Å². The standard InChI is InChI=1S/C21H18FN3O4S/c1-2-13-23-21(26)15-3-12-20(24-14-15)29-18-8-6-17(7-9-18)25-30(27,28)19-10-4-16(22)5-11-19/h2-12,14,25H,1,13H2,(H,23,26). The molecular weight excluding hydrogens is 409 g/mol. The van der Waals surface area contributed by atoms with Gasteiger partial charge in [-0.05, 0) is 54.6 Å². The summed E-state index contributed by atoms with van der Waals surface area (Å²) in [5.41, 5.74) is 0.698. The van der Waals surface area contributed by atoms with Crippen LogP contribution in [0, 0.1) is 5.82 Å². The van der Waals surface area contributed by atoms with E-state index < -0.39 is 15.8 Å². The Balaban J connectivity index is 1.64. The van der Waals surface area contributed by atoms with Gasteiger partial charge in [0.1, 0.15) is 11.6 Å². The average Bonchev–Trinajstić information content (AvgIpc) is 2.74. The van der Waals surface area contributed by atoms with Crippen LogP contribution in [-0.2, 0) is 10.0 Å². The molecule has 154 valence electrons. The molecule has 3 rings (SSSR count). The number of carbonyl (C=O) groups excluding carboxylic acids is 1. The van der Waals surface area contributed by atoms with Gasteiger partial charge in [0.2, 0.25) is 5.88 Å². The molecule has 2 aromatic carbocycles. The van der Waals surface area contributed by atoms with Crippen LogP contribution in [0.25, 0.3) is 0 Å². The van der Waals surface area contributed by atoms with E-state index in [-0.39, 0.29) is 16.7 Å². The Labute approximate surface area is 173 Å². The monoisotopic (exact) mass is 427 g/mol. The number of aromatic nitrogens is 1. The molecule has 0 unspecified atom stereocenters. The van der Waals surface area contributed by atoms with Gasteiger partial charge in [-0.15, -0.1) is 6.58 Å². The Morgan fingerprint density at radius 2 is 1.77 bits per heavy atom. The highest BCUT2D eigenvalue weighted by Gasteiger charge is 2.14. The summed E-state index contributed by atoms with van der Waals surface area (Å²) in [5.74, 6) is -0.0905. The number of benzene rings is 2. The first-order valence-electron chi connectivity index (χ1n) is 8.79. The fourth-order valence-corrected chi connectivity index (χ4v) is 3.44. The molecule has 0 spiro atoms. The number of ether oxygens (including phenoxy) is 1. The van der Waals surface area contributed by atoms with Crippen molar-refractivity contribution in [3.8, 4) is 11.6 Å². The number of rotatable bonds is 8. The zero-order valence-electron chi connectivity index (χ0n) is 15.7. The van der Waals surface area contributed by atoms with Crippen LogP contribution in [0.1, 0.15) is 10.4 Å². The number of halogens is 1. The number of amides is 1. The van der Waals surface area contributed by atoms with Crippen LogP contribution in [0.5, 0.6) is 11.6 Å². The van der Waals surface area contributed by atoms with Crippen molar-refractivity contribution in [1.29, 1.82) is 0 Å². The number of hydrogen-bond acceptors (Lipinski definition) is 5. The van der Waals surface area contributed by atoms with Gasteiger partial charge in [0.15, 0.2) is 0 Å². The summed E-state index contributed by atoms with van der Waals surface area (Å²) < 4.78 is 45.6. The SMILES string of the molecule is C=CCNC(=O)c1ccc(Oc2ccc(NS(=O)(=O)c3ccc(F)cc3)cc2)nc1. The molecule has 1 heterocycles. The van der Waals surface area contributed by atoms with E-state index in [1.54, 1.807) is 30.3 Å². The summed E-state index contributed by atoms with van der Waals surface area (Å²) in [6.45, 7) is 3.89. The zero-order valence-corrected chi connectivity index (χ0v) is 16.5. The van der Waals surface area contributed by atoms with E-state index in [9.17, 15) is 17.6 Å². The molecule has 0 bridgehead atoms. The average molecular weight is 427 g/mol. The third-order valence-electron chi connectivity index (χ3n) is 3.86. The molecule has 2 N–H and O–H groups in total. The summed E-state index contributed by atoms with van der Waals surface area (Å²) in [7, 11) is -3.84. The molecule has 1 amide bonds. The molecule has 0 saturated carbocycles. The maximum Gasteiger partial charge on any atom is 0.261 e. The van der Waals surface area contributed by atoms with Crippen molar-refractivity contribution in [2.24, 2.45) is 0 Å². The number of nitrogens with zero attached hydrogens (tertiary/aromatic N) is 1. The molecule has 0 aliphatic carbocycles. The fourth-order valence-electron chi connectivity index (χ4n) is 2.38. The van der Waals surface area contributed by atoms with Crippen LogP contribution in [-0.4, -0.2) is 25.9 Å². The van der Waals surface area contributed by atoms with Crippen molar-refractivity contribution in [3.63, 3.8) is 0 Å². The van der Waals surface area contributed by atoms with Crippen molar-refractivity contribution < 1.29 is 22.3 Å². The van der Waals surface area contributed by atoms with Gasteiger partial charge in [0, 0.05) is 24.5 Å². The summed E-state index contributed by atoms with van der Waals surface area (Å²) in [4.78, 5) is 15.9. The molecule has 0 atom stereocenters. The lowest BCUT2D eigenvalue weighted by molar-refractivity contribution is 0.0957. The Hall–Kier alpha value is -3.72. The lowest BCUT2D eigenvalue weighted by Crippen LogP contribution is -2.23. The Morgan fingerprint density at radius 1 is 1.07 bits per heavy atom. The normalized spacial score (nSPS) is 10.8. The lowest BCUT2D eigenvalue weighted by atomic mass is 10.2. The molecule has 9 heteroatoms.